The number of tetrazole rings is 2. The van der Waals surface area contributed by atoms with E-state index in [-0.39, 0.29) is 47.4 Å². The lowest BCUT2D eigenvalue weighted by Crippen LogP contribution is -2.29. The van der Waals surface area contributed by atoms with Gasteiger partial charge < -0.3 is 9.84 Å². The average Bonchev–Trinajstić information content (AvgIpc) is 3.77. The molecular weight excluding hydrogens is 677 g/mol. The highest BCUT2D eigenvalue weighted by molar-refractivity contribution is 7.91. The third-order valence-corrected chi connectivity index (χ3v) is 10.5. The van der Waals surface area contributed by atoms with Crippen molar-refractivity contribution in [3.8, 4) is 0 Å². The normalized spacial score (nSPS) is 14.6. The topological polar surface area (TPSA) is 241 Å². The Bertz CT molecular complexity index is 1880. The number of carboxylic acids is 1. The highest BCUT2D eigenvalue weighted by atomic mass is 32.2. The molecule has 4 aromatic rings. The number of carbonyl (C=O) groups excluding carboxylic acids is 1. The second-order valence-electron chi connectivity index (χ2n) is 12.5. The van der Waals surface area contributed by atoms with Crippen LogP contribution in [0.25, 0.3) is 0 Å². The molecule has 0 aliphatic carbocycles. The summed E-state index contributed by atoms with van der Waals surface area (Å²) in [5, 5.41) is 38.7. The fourth-order valence-corrected chi connectivity index (χ4v) is 7.01. The second-order valence-corrected chi connectivity index (χ2v) is 16.5. The number of hydrogen-bond donors (Lipinski definition) is 3. The number of carbonyl (C=O) groups is 2. The summed E-state index contributed by atoms with van der Waals surface area (Å²) in [5.41, 5.74) is 1.46. The summed E-state index contributed by atoms with van der Waals surface area (Å²) < 4.78 is 53.4. The van der Waals surface area contributed by atoms with Crippen molar-refractivity contribution in [3.05, 3.63) is 71.3 Å². The largest absolute Gasteiger partial charge is 0.481 e. The summed E-state index contributed by atoms with van der Waals surface area (Å²) in [6, 6.07) is 12.6. The highest BCUT2D eigenvalue weighted by Crippen LogP contribution is 2.33. The number of nitrogens with zero attached hydrogens (tertiary/aromatic N) is 6. The van der Waals surface area contributed by atoms with Crippen molar-refractivity contribution in [2.75, 3.05) is 19.1 Å². The van der Waals surface area contributed by atoms with Gasteiger partial charge in [-0.1, -0.05) is 48.5 Å². The summed E-state index contributed by atoms with van der Waals surface area (Å²) in [6.45, 7) is 3.89. The van der Waals surface area contributed by atoms with E-state index in [9.17, 15) is 31.5 Å². The molecule has 0 radical (unpaired) electrons. The quantitative estimate of drug-likeness (QED) is 0.0991. The maximum Gasteiger partial charge on any atom is 0.309 e. The van der Waals surface area contributed by atoms with Crippen LogP contribution in [0.4, 0.5) is 0 Å². The van der Waals surface area contributed by atoms with Crippen molar-refractivity contribution in [1.29, 1.82) is 0 Å². The van der Waals surface area contributed by atoms with Crippen molar-refractivity contribution in [1.82, 2.24) is 41.2 Å². The van der Waals surface area contributed by atoms with E-state index in [0.29, 0.717) is 24.2 Å². The summed E-state index contributed by atoms with van der Waals surface area (Å²) in [4.78, 5) is 26.5. The molecule has 0 fully saturated rings. The number of nitrogens with one attached hydrogen (secondary N) is 2. The lowest BCUT2D eigenvalue weighted by Gasteiger charge is -2.25. The molecular formula is C31H40N8O8S2. The van der Waals surface area contributed by atoms with Gasteiger partial charge in [-0.2, -0.15) is 10.4 Å². The summed E-state index contributed by atoms with van der Waals surface area (Å²) >= 11 is 0. The number of H-pyrrole nitrogens is 2. The molecule has 16 nitrogen and oxygen atoms in total. The van der Waals surface area contributed by atoms with Gasteiger partial charge in [0.2, 0.25) is 0 Å². The predicted molar refractivity (Wildman–Crippen MR) is 175 cm³/mol. The molecule has 0 aliphatic rings. The summed E-state index contributed by atoms with van der Waals surface area (Å²) in [6.07, 6.45) is 3.54. The van der Waals surface area contributed by atoms with E-state index in [1.807, 2.05) is 13.8 Å². The minimum atomic E-state index is -3.40. The van der Waals surface area contributed by atoms with Gasteiger partial charge in [0.1, 0.15) is 0 Å². The maximum atomic E-state index is 13.7. The Morgan fingerprint density at radius 2 is 1.20 bits per heavy atom. The molecule has 0 spiro atoms. The van der Waals surface area contributed by atoms with Gasteiger partial charge in [0.05, 0.1) is 28.2 Å². The van der Waals surface area contributed by atoms with E-state index in [1.165, 1.54) is 24.3 Å². The van der Waals surface area contributed by atoms with Crippen LogP contribution in [0.5, 0.6) is 0 Å². The Kier molecular flexibility index (Phi) is 12.3. The van der Waals surface area contributed by atoms with Crippen LogP contribution < -0.4 is 0 Å². The van der Waals surface area contributed by atoms with E-state index < -0.39 is 55.3 Å². The Hall–Kier alpha value is -4.58. The van der Waals surface area contributed by atoms with E-state index in [2.05, 4.69) is 41.2 Å². The lowest BCUT2D eigenvalue weighted by molar-refractivity contribution is -0.150. The minimum absolute atomic E-state index is 0.0543. The lowest BCUT2D eigenvalue weighted by atomic mass is 9.81. The zero-order valence-corrected chi connectivity index (χ0v) is 29.2. The third-order valence-electron chi connectivity index (χ3n) is 8.22. The predicted octanol–water partition coefficient (Wildman–Crippen LogP) is 2.56. The molecule has 0 saturated heterocycles. The van der Waals surface area contributed by atoms with Crippen LogP contribution in [-0.4, -0.2) is 94.2 Å². The van der Waals surface area contributed by atoms with Crippen molar-refractivity contribution >= 4 is 31.6 Å². The second kappa shape index (κ2) is 16.2. The molecule has 2 aromatic carbocycles. The maximum absolute atomic E-state index is 13.7. The zero-order chi connectivity index (χ0) is 35.8. The molecule has 0 saturated carbocycles. The third kappa shape index (κ3) is 10.5. The van der Waals surface area contributed by atoms with Crippen LogP contribution in [0.2, 0.25) is 0 Å². The van der Waals surface area contributed by atoms with Gasteiger partial charge in [0, 0.05) is 24.3 Å². The Balaban J connectivity index is 1.47. The molecule has 0 unspecified atom stereocenters. The number of benzene rings is 2. The first kappa shape index (κ1) is 37.2. The zero-order valence-electron chi connectivity index (χ0n) is 27.6. The van der Waals surface area contributed by atoms with Gasteiger partial charge in [0.25, 0.3) is 0 Å². The van der Waals surface area contributed by atoms with Crippen LogP contribution >= 0.6 is 0 Å². The Labute approximate surface area is 284 Å². The van der Waals surface area contributed by atoms with Gasteiger partial charge in [0.15, 0.2) is 31.3 Å². The van der Waals surface area contributed by atoms with Gasteiger partial charge in [-0.15, -0.1) is 20.4 Å². The number of carboxylic acid groups (broad SMARTS) is 1. The van der Waals surface area contributed by atoms with Crippen LogP contribution in [-0.2, 0) is 46.8 Å². The van der Waals surface area contributed by atoms with Crippen molar-refractivity contribution in [3.63, 3.8) is 0 Å². The van der Waals surface area contributed by atoms with Crippen LogP contribution in [0.3, 0.4) is 0 Å². The number of ether oxygens (including phenoxy) is 1. The van der Waals surface area contributed by atoms with Crippen LogP contribution in [0.15, 0.2) is 58.3 Å². The first-order valence-electron chi connectivity index (χ1n) is 15.6. The molecule has 18 heteroatoms. The Morgan fingerprint density at radius 3 is 1.57 bits per heavy atom. The van der Waals surface area contributed by atoms with Crippen molar-refractivity contribution < 1.29 is 36.3 Å². The molecule has 264 valence electrons. The number of sulfone groups is 2. The van der Waals surface area contributed by atoms with Gasteiger partial charge in [-0.05, 0) is 73.4 Å². The standard InChI is InChI=1S/C31H40N8O8S2/c1-19(2)16-27(26(29-34-38-39-35-29)18-21-9-13-23(14-10-21)49(4,45)46)31(42)47-15-5-6-24(30(40)41)25(28-32-36-37-33-28)17-20-7-11-22(12-8-20)48(3,43)44/h7-14,19,24-27H,5-6,15-18H2,1-4H3,(H,40,41)(H,32,33,36,37)(H,34,35,38,39)/t24-,25-,26-,27-/m0/s1. The number of esters is 1. The first-order chi connectivity index (χ1) is 23.1. The van der Waals surface area contributed by atoms with Crippen LogP contribution in [0, 0.1) is 17.8 Å². The molecule has 0 aliphatic heterocycles. The molecule has 49 heavy (non-hydrogen) atoms. The molecule has 0 amide bonds. The molecule has 0 bridgehead atoms. The number of hydrogen-bond acceptors (Lipinski definition) is 13. The van der Waals surface area contributed by atoms with E-state index >= 15 is 0 Å². The number of aliphatic carboxylic acids is 1. The van der Waals surface area contributed by atoms with Gasteiger partial charge in [-0.25, -0.2) is 16.8 Å². The van der Waals surface area contributed by atoms with Crippen molar-refractivity contribution in [2.45, 2.75) is 67.6 Å². The highest BCUT2D eigenvalue weighted by Gasteiger charge is 2.36. The number of rotatable bonds is 18. The Morgan fingerprint density at radius 1 is 0.755 bits per heavy atom. The van der Waals surface area contributed by atoms with E-state index in [1.54, 1.807) is 24.3 Å². The van der Waals surface area contributed by atoms with E-state index in [0.717, 1.165) is 18.1 Å². The summed E-state index contributed by atoms with van der Waals surface area (Å²) in [5.74, 6) is -3.88. The van der Waals surface area contributed by atoms with Gasteiger partial charge in [-0.3, -0.25) is 9.59 Å². The molecule has 4 atom stereocenters. The molecule has 2 aromatic heterocycles. The van der Waals surface area contributed by atoms with Crippen LogP contribution in [0.1, 0.15) is 67.7 Å². The monoisotopic (exact) mass is 716 g/mol. The van der Waals surface area contributed by atoms with E-state index in [4.69, 9.17) is 4.74 Å². The molecule has 4 rings (SSSR count). The number of aromatic amines is 2. The first-order valence-corrected chi connectivity index (χ1v) is 19.4. The van der Waals surface area contributed by atoms with Crippen molar-refractivity contribution in [2.24, 2.45) is 17.8 Å². The van der Waals surface area contributed by atoms with Gasteiger partial charge >= 0.3 is 11.9 Å². The average molecular weight is 717 g/mol. The fourth-order valence-electron chi connectivity index (χ4n) is 5.75. The number of aromatic nitrogens is 8. The smallest absolute Gasteiger partial charge is 0.309 e. The minimum Gasteiger partial charge on any atom is -0.481 e. The molecule has 3 N–H and O–H groups in total. The fraction of sp³-hybridized carbons (Fsp3) is 0.484. The summed E-state index contributed by atoms with van der Waals surface area (Å²) in [7, 11) is -6.79. The SMILES string of the molecule is CC(C)C[C@H](C(=O)OCCC[C@H](C(=O)O)[C@H](Cc1ccc(S(C)(=O)=O)cc1)c1nn[nH]n1)[C@H](Cc1ccc(S(C)(=O)=O)cc1)c1nn[nH]n1. The molecule has 2 heterocycles.